The lowest BCUT2D eigenvalue weighted by molar-refractivity contribution is -0.137. The molecule has 0 aliphatic heterocycles. The maximum Gasteiger partial charge on any atom is 0.349 e. The minimum absolute atomic E-state index is 0.00800. The largest absolute Gasteiger partial charge is 0.457 e. The van der Waals surface area contributed by atoms with Gasteiger partial charge in [0.15, 0.2) is 0 Å². The molecule has 0 amide bonds. The first-order chi connectivity index (χ1) is 11.6. The average molecular weight is 317 g/mol. The van der Waals surface area contributed by atoms with E-state index in [9.17, 15) is 10.1 Å². The van der Waals surface area contributed by atoms with Crippen LogP contribution in [0.2, 0.25) is 0 Å². The zero-order valence-electron chi connectivity index (χ0n) is 13.8. The maximum absolute atomic E-state index is 12.0. The molecule has 2 aromatic rings. The van der Waals surface area contributed by atoms with Crippen molar-refractivity contribution in [3.05, 3.63) is 82.4 Å². The summed E-state index contributed by atoms with van der Waals surface area (Å²) in [6.07, 6.45) is 5.17. The number of aryl methyl sites for hydroxylation is 2. The molecule has 0 N–H and O–H groups in total. The number of carbonyl (C=O) groups is 1. The molecule has 24 heavy (non-hydrogen) atoms. The molecule has 0 aliphatic rings. The van der Waals surface area contributed by atoms with E-state index in [-0.39, 0.29) is 12.2 Å². The van der Waals surface area contributed by atoms with Gasteiger partial charge in [0, 0.05) is 0 Å². The first-order valence-electron chi connectivity index (χ1n) is 7.68. The molecule has 3 nitrogen and oxygen atoms in total. The first kappa shape index (κ1) is 17.2. The van der Waals surface area contributed by atoms with Crippen LogP contribution in [0.1, 0.15) is 22.3 Å². The molecule has 0 fully saturated rings. The van der Waals surface area contributed by atoms with Gasteiger partial charge >= 0.3 is 5.97 Å². The van der Waals surface area contributed by atoms with Gasteiger partial charge in [0.05, 0.1) is 0 Å². The van der Waals surface area contributed by atoms with Gasteiger partial charge in [-0.05, 0) is 48.3 Å². The minimum atomic E-state index is -0.617. The van der Waals surface area contributed by atoms with Crippen LogP contribution in [-0.2, 0) is 9.53 Å². The summed E-state index contributed by atoms with van der Waals surface area (Å²) in [5.74, 6) is -0.617. The average Bonchev–Trinajstić information content (AvgIpc) is 2.60. The lowest BCUT2D eigenvalue weighted by atomic mass is 10.0. The van der Waals surface area contributed by atoms with Crippen molar-refractivity contribution in [2.45, 2.75) is 13.8 Å². The van der Waals surface area contributed by atoms with E-state index in [1.807, 2.05) is 74.5 Å². The number of carbonyl (C=O) groups excluding carboxylic acids is 1. The van der Waals surface area contributed by atoms with E-state index in [0.717, 1.165) is 16.7 Å². The molecule has 0 saturated carbocycles. The van der Waals surface area contributed by atoms with Crippen molar-refractivity contribution in [2.24, 2.45) is 0 Å². The Kier molecular flexibility index (Phi) is 6.10. The number of nitriles is 1. The van der Waals surface area contributed by atoms with Crippen LogP contribution in [0.3, 0.4) is 0 Å². The van der Waals surface area contributed by atoms with Crippen LogP contribution in [0, 0.1) is 25.2 Å². The van der Waals surface area contributed by atoms with Gasteiger partial charge in [-0.2, -0.15) is 5.26 Å². The van der Waals surface area contributed by atoms with E-state index in [0.29, 0.717) is 0 Å². The number of hydrogen-bond donors (Lipinski definition) is 0. The second kappa shape index (κ2) is 8.50. The van der Waals surface area contributed by atoms with Crippen molar-refractivity contribution in [1.82, 2.24) is 0 Å². The van der Waals surface area contributed by atoms with Crippen molar-refractivity contribution in [2.75, 3.05) is 6.61 Å². The van der Waals surface area contributed by atoms with Crippen molar-refractivity contribution in [3.8, 4) is 6.07 Å². The molecule has 0 atom stereocenters. The third-order valence-corrected chi connectivity index (χ3v) is 3.60. The number of hydrogen-bond acceptors (Lipinski definition) is 3. The van der Waals surface area contributed by atoms with Crippen LogP contribution in [0.4, 0.5) is 0 Å². The number of nitrogens with zero attached hydrogens (tertiary/aromatic N) is 1. The van der Waals surface area contributed by atoms with E-state index >= 15 is 0 Å². The number of benzene rings is 2. The molecular formula is C21H19NO2. The molecule has 0 heterocycles. The standard InChI is InChI=1S/C21H19NO2/c1-16-10-11-19(13-17(16)2)14-20(15-22)21(23)24-12-6-9-18-7-4-3-5-8-18/h3-11,13-14H,12H2,1-2H3/b9-6+,20-14+. The molecule has 0 unspecified atom stereocenters. The van der Waals surface area contributed by atoms with E-state index in [4.69, 9.17) is 4.74 Å². The molecule has 0 saturated heterocycles. The lowest BCUT2D eigenvalue weighted by Crippen LogP contribution is -2.06. The summed E-state index contributed by atoms with van der Waals surface area (Å²) in [5.41, 5.74) is 4.11. The molecule has 120 valence electrons. The fourth-order valence-electron chi connectivity index (χ4n) is 2.11. The van der Waals surface area contributed by atoms with Crippen LogP contribution >= 0.6 is 0 Å². The Morgan fingerprint density at radius 3 is 2.50 bits per heavy atom. The summed E-state index contributed by atoms with van der Waals surface area (Å²) in [4.78, 5) is 12.0. The van der Waals surface area contributed by atoms with Crippen molar-refractivity contribution < 1.29 is 9.53 Å². The van der Waals surface area contributed by atoms with E-state index in [1.54, 1.807) is 12.2 Å². The van der Waals surface area contributed by atoms with Crippen LogP contribution in [0.5, 0.6) is 0 Å². The predicted octanol–water partition coefficient (Wildman–Crippen LogP) is 4.47. The van der Waals surface area contributed by atoms with Crippen LogP contribution in [0.25, 0.3) is 12.2 Å². The predicted molar refractivity (Wildman–Crippen MR) is 95.9 cm³/mol. The second-order valence-electron chi connectivity index (χ2n) is 5.43. The van der Waals surface area contributed by atoms with Gasteiger partial charge in [0.1, 0.15) is 18.2 Å². The van der Waals surface area contributed by atoms with Gasteiger partial charge in [-0.15, -0.1) is 0 Å². The van der Waals surface area contributed by atoms with Gasteiger partial charge in [0.2, 0.25) is 0 Å². The summed E-state index contributed by atoms with van der Waals surface area (Å²) in [5, 5.41) is 9.18. The van der Waals surface area contributed by atoms with Gasteiger partial charge in [-0.25, -0.2) is 4.79 Å². The highest BCUT2D eigenvalue weighted by molar-refractivity contribution is 5.97. The summed E-state index contributed by atoms with van der Waals surface area (Å²) in [7, 11) is 0. The van der Waals surface area contributed by atoms with Crippen molar-refractivity contribution in [1.29, 1.82) is 5.26 Å². The van der Waals surface area contributed by atoms with Crippen molar-refractivity contribution in [3.63, 3.8) is 0 Å². The Morgan fingerprint density at radius 2 is 1.83 bits per heavy atom. The Hall–Kier alpha value is -3.12. The molecule has 0 radical (unpaired) electrons. The van der Waals surface area contributed by atoms with E-state index in [2.05, 4.69) is 0 Å². The Labute approximate surface area is 142 Å². The molecule has 0 spiro atoms. The molecule has 0 aromatic heterocycles. The zero-order valence-corrected chi connectivity index (χ0v) is 13.8. The highest BCUT2D eigenvalue weighted by Crippen LogP contribution is 2.13. The van der Waals surface area contributed by atoms with E-state index < -0.39 is 5.97 Å². The fourth-order valence-corrected chi connectivity index (χ4v) is 2.11. The quantitative estimate of drug-likeness (QED) is 0.464. The lowest BCUT2D eigenvalue weighted by Gasteiger charge is -2.03. The van der Waals surface area contributed by atoms with Crippen LogP contribution < -0.4 is 0 Å². The van der Waals surface area contributed by atoms with Crippen LogP contribution in [-0.4, -0.2) is 12.6 Å². The Morgan fingerprint density at radius 1 is 1.08 bits per heavy atom. The molecule has 0 aliphatic carbocycles. The summed E-state index contributed by atoms with van der Waals surface area (Å²) >= 11 is 0. The highest BCUT2D eigenvalue weighted by atomic mass is 16.5. The summed E-state index contributed by atoms with van der Waals surface area (Å²) in [6, 6.07) is 17.4. The maximum atomic E-state index is 12.0. The third kappa shape index (κ3) is 4.96. The second-order valence-corrected chi connectivity index (χ2v) is 5.43. The molecule has 2 rings (SSSR count). The number of ether oxygens (including phenoxy) is 1. The first-order valence-corrected chi connectivity index (χ1v) is 7.68. The third-order valence-electron chi connectivity index (χ3n) is 3.60. The SMILES string of the molecule is Cc1ccc(/C=C(\C#N)C(=O)OC/C=C/c2ccccc2)cc1C. The van der Waals surface area contributed by atoms with Gasteiger partial charge < -0.3 is 4.74 Å². The minimum Gasteiger partial charge on any atom is -0.457 e. The molecule has 0 bridgehead atoms. The van der Waals surface area contributed by atoms with Crippen LogP contribution in [0.15, 0.2) is 60.2 Å². The smallest absolute Gasteiger partial charge is 0.349 e. The highest BCUT2D eigenvalue weighted by Gasteiger charge is 2.10. The molecular weight excluding hydrogens is 298 g/mol. The summed E-state index contributed by atoms with van der Waals surface area (Å²) in [6.45, 7) is 4.13. The van der Waals surface area contributed by atoms with Gasteiger partial charge in [-0.1, -0.05) is 54.6 Å². The van der Waals surface area contributed by atoms with Gasteiger partial charge in [-0.3, -0.25) is 0 Å². The fraction of sp³-hybridized carbons (Fsp3) is 0.143. The number of esters is 1. The zero-order chi connectivity index (χ0) is 17.4. The Balaban J connectivity index is 1.98. The number of rotatable bonds is 5. The van der Waals surface area contributed by atoms with Gasteiger partial charge in [0.25, 0.3) is 0 Å². The topological polar surface area (TPSA) is 50.1 Å². The monoisotopic (exact) mass is 317 g/mol. The summed E-state index contributed by atoms with van der Waals surface area (Å²) < 4.78 is 5.13. The molecule has 2 aromatic carbocycles. The van der Waals surface area contributed by atoms with E-state index in [1.165, 1.54) is 5.56 Å². The molecule has 3 heteroatoms. The Bertz CT molecular complexity index is 811. The van der Waals surface area contributed by atoms with Crippen molar-refractivity contribution >= 4 is 18.1 Å². The normalized spacial score (nSPS) is 11.3.